The standard InChI is InChI=1S/C13H20OS/c1-9(7-8-15)12-5-6-13(14-4)11(3)10(12)2/h5-6,9,15H,7-8H2,1-4H3. The average Bonchev–Trinajstić information content (AvgIpc) is 2.22. The Morgan fingerprint density at radius 1 is 1.27 bits per heavy atom. The van der Waals surface area contributed by atoms with Crippen LogP contribution in [0, 0.1) is 13.8 Å². The Hall–Kier alpha value is -0.630. The molecule has 0 bridgehead atoms. The fourth-order valence-electron chi connectivity index (χ4n) is 1.92. The van der Waals surface area contributed by atoms with Gasteiger partial charge in [0.05, 0.1) is 7.11 Å². The van der Waals surface area contributed by atoms with Crippen molar-refractivity contribution in [3.8, 4) is 5.75 Å². The van der Waals surface area contributed by atoms with Crippen molar-refractivity contribution in [2.75, 3.05) is 12.9 Å². The Morgan fingerprint density at radius 3 is 2.47 bits per heavy atom. The zero-order valence-electron chi connectivity index (χ0n) is 10.0. The third-order valence-corrected chi connectivity index (χ3v) is 3.35. The molecule has 1 unspecified atom stereocenters. The van der Waals surface area contributed by atoms with Crippen molar-refractivity contribution in [3.63, 3.8) is 0 Å². The number of rotatable bonds is 4. The van der Waals surface area contributed by atoms with E-state index in [9.17, 15) is 0 Å². The quantitative estimate of drug-likeness (QED) is 0.767. The van der Waals surface area contributed by atoms with Gasteiger partial charge in [0.25, 0.3) is 0 Å². The summed E-state index contributed by atoms with van der Waals surface area (Å²) in [4.78, 5) is 0. The molecule has 1 nitrogen and oxygen atoms in total. The highest BCUT2D eigenvalue weighted by Crippen LogP contribution is 2.30. The van der Waals surface area contributed by atoms with E-state index in [1.165, 1.54) is 16.7 Å². The van der Waals surface area contributed by atoms with Gasteiger partial charge in [-0.1, -0.05) is 13.0 Å². The molecule has 0 aliphatic carbocycles. The predicted octanol–water partition coefficient (Wildman–Crippen LogP) is 3.74. The van der Waals surface area contributed by atoms with Crippen LogP contribution >= 0.6 is 12.6 Å². The van der Waals surface area contributed by atoms with E-state index in [1.807, 2.05) is 0 Å². The van der Waals surface area contributed by atoms with Crippen LogP contribution in [-0.2, 0) is 0 Å². The number of hydrogen-bond donors (Lipinski definition) is 1. The molecule has 0 aliphatic rings. The number of benzene rings is 1. The topological polar surface area (TPSA) is 9.23 Å². The van der Waals surface area contributed by atoms with E-state index in [-0.39, 0.29) is 0 Å². The minimum absolute atomic E-state index is 0.576. The van der Waals surface area contributed by atoms with Gasteiger partial charge in [-0.2, -0.15) is 12.6 Å². The molecule has 15 heavy (non-hydrogen) atoms. The first kappa shape index (κ1) is 12.4. The van der Waals surface area contributed by atoms with E-state index < -0.39 is 0 Å². The van der Waals surface area contributed by atoms with Gasteiger partial charge in [-0.25, -0.2) is 0 Å². The van der Waals surface area contributed by atoms with Crippen molar-refractivity contribution in [2.45, 2.75) is 33.1 Å². The molecule has 84 valence electrons. The summed E-state index contributed by atoms with van der Waals surface area (Å²) in [6, 6.07) is 4.24. The molecule has 1 rings (SSSR count). The fourth-order valence-corrected chi connectivity index (χ4v) is 2.31. The van der Waals surface area contributed by atoms with Gasteiger partial charge in [-0.05, 0) is 54.7 Å². The van der Waals surface area contributed by atoms with Crippen molar-refractivity contribution in [1.82, 2.24) is 0 Å². The van der Waals surface area contributed by atoms with Gasteiger partial charge < -0.3 is 4.74 Å². The van der Waals surface area contributed by atoms with Crippen molar-refractivity contribution >= 4 is 12.6 Å². The van der Waals surface area contributed by atoms with Gasteiger partial charge in [-0.3, -0.25) is 0 Å². The van der Waals surface area contributed by atoms with Gasteiger partial charge in [0.1, 0.15) is 5.75 Å². The summed E-state index contributed by atoms with van der Waals surface area (Å²) in [5.41, 5.74) is 4.02. The van der Waals surface area contributed by atoms with E-state index in [0.717, 1.165) is 17.9 Å². The summed E-state index contributed by atoms with van der Waals surface area (Å²) in [6.45, 7) is 6.54. The lowest BCUT2D eigenvalue weighted by Crippen LogP contribution is -2.00. The lowest BCUT2D eigenvalue weighted by molar-refractivity contribution is 0.411. The van der Waals surface area contributed by atoms with Gasteiger partial charge in [0, 0.05) is 0 Å². The Kier molecular flexibility index (Phi) is 4.52. The third-order valence-electron chi connectivity index (χ3n) is 3.09. The number of hydrogen-bond acceptors (Lipinski definition) is 2. The minimum Gasteiger partial charge on any atom is -0.496 e. The first-order valence-electron chi connectivity index (χ1n) is 5.36. The maximum Gasteiger partial charge on any atom is 0.122 e. The maximum absolute atomic E-state index is 5.31. The normalized spacial score (nSPS) is 12.6. The summed E-state index contributed by atoms with van der Waals surface area (Å²) in [5.74, 6) is 2.49. The summed E-state index contributed by atoms with van der Waals surface area (Å²) in [7, 11) is 1.72. The molecule has 0 aromatic heterocycles. The second-order valence-corrected chi connectivity index (χ2v) is 4.47. The van der Waals surface area contributed by atoms with Gasteiger partial charge in [0.2, 0.25) is 0 Å². The second kappa shape index (κ2) is 5.45. The third kappa shape index (κ3) is 2.69. The molecule has 0 fully saturated rings. The average molecular weight is 224 g/mol. The first-order chi connectivity index (χ1) is 7.11. The lowest BCUT2D eigenvalue weighted by Gasteiger charge is -2.17. The molecule has 0 saturated heterocycles. The van der Waals surface area contributed by atoms with E-state index in [0.29, 0.717) is 5.92 Å². The van der Waals surface area contributed by atoms with Crippen molar-refractivity contribution in [2.24, 2.45) is 0 Å². The van der Waals surface area contributed by atoms with Crippen LogP contribution < -0.4 is 4.74 Å². The summed E-state index contributed by atoms with van der Waals surface area (Å²) in [5, 5.41) is 0. The molecule has 1 atom stereocenters. The van der Waals surface area contributed by atoms with E-state index in [1.54, 1.807) is 7.11 Å². The molecule has 1 aromatic carbocycles. The Balaban J connectivity index is 3.06. The summed E-state index contributed by atoms with van der Waals surface area (Å²) in [6.07, 6.45) is 1.12. The van der Waals surface area contributed by atoms with Crippen LogP contribution in [0.3, 0.4) is 0 Å². The largest absolute Gasteiger partial charge is 0.496 e. The Labute approximate surface area is 98.3 Å². The van der Waals surface area contributed by atoms with E-state index in [2.05, 4.69) is 45.5 Å². The first-order valence-corrected chi connectivity index (χ1v) is 6.00. The second-order valence-electron chi connectivity index (χ2n) is 4.02. The number of ether oxygens (including phenoxy) is 1. The van der Waals surface area contributed by atoms with Crippen LogP contribution in [0.1, 0.15) is 36.0 Å². The van der Waals surface area contributed by atoms with Crippen molar-refractivity contribution in [1.29, 1.82) is 0 Å². The Morgan fingerprint density at radius 2 is 1.93 bits per heavy atom. The molecular weight excluding hydrogens is 204 g/mol. The molecule has 0 saturated carbocycles. The number of methoxy groups -OCH3 is 1. The van der Waals surface area contributed by atoms with E-state index >= 15 is 0 Å². The molecule has 0 amide bonds. The van der Waals surface area contributed by atoms with Gasteiger partial charge >= 0.3 is 0 Å². The molecule has 1 aromatic rings. The highest BCUT2D eigenvalue weighted by atomic mass is 32.1. The fraction of sp³-hybridized carbons (Fsp3) is 0.538. The lowest BCUT2D eigenvalue weighted by atomic mass is 9.91. The van der Waals surface area contributed by atoms with Crippen LogP contribution in [0.2, 0.25) is 0 Å². The SMILES string of the molecule is COc1ccc(C(C)CCS)c(C)c1C. The molecule has 0 heterocycles. The van der Waals surface area contributed by atoms with Crippen molar-refractivity contribution < 1.29 is 4.74 Å². The monoisotopic (exact) mass is 224 g/mol. The molecule has 0 N–H and O–H groups in total. The zero-order chi connectivity index (χ0) is 11.4. The smallest absolute Gasteiger partial charge is 0.122 e. The predicted molar refractivity (Wildman–Crippen MR) is 69.4 cm³/mol. The Bertz CT molecular complexity index is 334. The van der Waals surface area contributed by atoms with Crippen LogP contribution in [0.15, 0.2) is 12.1 Å². The van der Waals surface area contributed by atoms with E-state index in [4.69, 9.17) is 4.74 Å². The highest BCUT2D eigenvalue weighted by Gasteiger charge is 2.11. The minimum atomic E-state index is 0.576. The summed E-state index contributed by atoms with van der Waals surface area (Å²) >= 11 is 4.28. The zero-order valence-corrected chi connectivity index (χ0v) is 10.9. The molecule has 0 aliphatic heterocycles. The van der Waals surface area contributed by atoms with Crippen molar-refractivity contribution in [3.05, 3.63) is 28.8 Å². The van der Waals surface area contributed by atoms with Crippen LogP contribution in [0.5, 0.6) is 5.75 Å². The maximum atomic E-state index is 5.31. The van der Waals surface area contributed by atoms with Crippen LogP contribution in [0.4, 0.5) is 0 Å². The summed E-state index contributed by atoms with van der Waals surface area (Å²) < 4.78 is 5.31. The molecule has 2 heteroatoms. The molecular formula is C13H20OS. The molecule has 0 spiro atoms. The molecule has 0 radical (unpaired) electrons. The van der Waals surface area contributed by atoms with Gasteiger partial charge in [0.15, 0.2) is 0 Å². The highest BCUT2D eigenvalue weighted by molar-refractivity contribution is 7.80. The van der Waals surface area contributed by atoms with Crippen LogP contribution in [-0.4, -0.2) is 12.9 Å². The number of thiol groups is 1. The van der Waals surface area contributed by atoms with Crippen LogP contribution in [0.25, 0.3) is 0 Å². The van der Waals surface area contributed by atoms with Gasteiger partial charge in [-0.15, -0.1) is 0 Å².